The normalized spacial score (nSPS) is 10.7. The van der Waals surface area contributed by atoms with Crippen LogP contribution >= 0.6 is 24.0 Å². The van der Waals surface area contributed by atoms with E-state index in [4.69, 9.17) is 9.47 Å². The zero-order valence-corrected chi connectivity index (χ0v) is 18.6. The molecule has 2 N–H and O–H groups in total. The molecule has 0 radical (unpaired) electrons. The highest BCUT2D eigenvalue weighted by Crippen LogP contribution is 2.10. The van der Waals surface area contributed by atoms with Crippen LogP contribution in [0.15, 0.2) is 59.6 Å². The smallest absolute Gasteiger partial charge is 0.338 e. The number of aliphatic imine (C=N–C) groups is 1. The molecule has 0 heterocycles. The molecule has 28 heavy (non-hydrogen) atoms. The fraction of sp³-hybridized carbons (Fsp3) is 0.333. The van der Waals surface area contributed by atoms with Crippen molar-refractivity contribution in [2.24, 2.45) is 4.99 Å². The number of rotatable bonds is 9. The number of hydrogen-bond acceptors (Lipinski definition) is 4. The molecule has 0 saturated heterocycles. The first-order valence-corrected chi connectivity index (χ1v) is 9.04. The monoisotopic (exact) mass is 497 g/mol. The lowest BCUT2D eigenvalue weighted by molar-refractivity contribution is 0.0472. The van der Waals surface area contributed by atoms with Crippen molar-refractivity contribution in [1.29, 1.82) is 0 Å². The van der Waals surface area contributed by atoms with Crippen molar-refractivity contribution < 1.29 is 14.3 Å². The average Bonchev–Trinajstić information content (AvgIpc) is 2.71. The van der Waals surface area contributed by atoms with Crippen LogP contribution < -0.4 is 10.6 Å². The molecule has 0 aliphatic heterocycles. The van der Waals surface area contributed by atoms with Crippen LogP contribution in [0.4, 0.5) is 0 Å². The highest BCUT2D eigenvalue weighted by molar-refractivity contribution is 14.0. The van der Waals surface area contributed by atoms with E-state index in [1.807, 2.05) is 55.5 Å². The fourth-order valence-corrected chi connectivity index (χ4v) is 2.39. The van der Waals surface area contributed by atoms with Gasteiger partial charge in [-0.05, 0) is 30.2 Å². The summed E-state index contributed by atoms with van der Waals surface area (Å²) < 4.78 is 10.4. The number of methoxy groups -OCH3 is 1. The highest BCUT2D eigenvalue weighted by Gasteiger charge is 2.08. The third kappa shape index (κ3) is 8.71. The second-order valence-electron chi connectivity index (χ2n) is 5.88. The van der Waals surface area contributed by atoms with Gasteiger partial charge in [-0.15, -0.1) is 24.0 Å². The molecule has 152 valence electrons. The second kappa shape index (κ2) is 14.0. The zero-order valence-electron chi connectivity index (χ0n) is 16.3. The molecule has 0 bridgehead atoms. The molecule has 0 saturated carbocycles. The van der Waals surface area contributed by atoms with E-state index in [-0.39, 0.29) is 36.6 Å². The number of carbonyl (C=O) groups is 1. The van der Waals surface area contributed by atoms with Gasteiger partial charge in [-0.25, -0.2) is 9.79 Å². The molecule has 2 aromatic rings. The summed E-state index contributed by atoms with van der Waals surface area (Å²) in [6.07, 6.45) is 0. The summed E-state index contributed by atoms with van der Waals surface area (Å²) in [7, 11) is 1.66. The van der Waals surface area contributed by atoms with E-state index in [1.54, 1.807) is 13.2 Å². The minimum Gasteiger partial charge on any atom is -0.457 e. The number of esters is 1. The number of benzene rings is 2. The predicted molar refractivity (Wildman–Crippen MR) is 122 cm³/mol. The molecule has 0 atom stereocenters. The standard InChI is InChI=1S/C21H27N3O3.HI/c1-3-22-21(23-12-13-26-2)24-15-18-10-7-11-19(14-18)20(25)27-16-17-8-5-4-6-9-17;/h4-11,14H,3,12-13,15-16H2,1-2H3,(H2,22,23,24);1H. The molecule has 7 heteroatoms. The van der Waals surface area contributed by atoms with Crippen LogP contribution in [0, 0.1) is 0 Å². The third-order valence-corrected chi connectivity index (χ3v) is 3.74. The molecule has 0 aliphatic carbocycles. The van der Waals surface area contributed by atoms with Crippen LogP contribution in [0.2, 0.25) is 0 Å². The van der Waals surface area contributed by atoms with Gasteiger partial charge in [0.05, 0.1) is 18.7 Å². The summed E-state index contributed by atoms with van der Waals surface area (Å²) >= 11 is 0. The van der Waals surface area contributed by atoms with Crippen LogP contribution in [0.1, 0.15) is 28.4 Å². The number of carbonyl (C=O) groups excluding carboxylic acids is 1. The van der Waals surface area contributed by atoms with Gasteiger partial charge < -0.3 is 20.1 Å². The molecule has 0 unspecified atom stereocenters. The van der Waals surface area contributed by atoms with Gasteiger partial charge in [0.1, 0.15) is 6.61 Å². The Labute approximate surface area is 183 Å². The van der Waals surface area contributed by atoms with Crippen molar-refractivity contribution >= 4 is 35.9 Å². The summed E-state index contributed by atoms with van der Waals surface area (Å²) in [5, 5.41) is 6.37. The lowest BCUT2D eigenvalue weighted by Gasteiger charge is -2.11. The topological polar surface area (TPSA) is 72.0 Å². The number of halogens is 1. The Kier molecular flexibility index (Phi) is 11.9. The summed E-state index contributed by atoms with van der Waals surface area (Å²) in [5.41, 5.74) is 2.42. The van der Waals surface area contributed by atoms with Crippen molar-refractivity contribution in [1.82, 2.24) is 10.6 Å². The van der Waals surface area contributed by atoms with E-state index >= 15 is 0 Å². The number of guanidine groups is 1. The fourth-order valence-electron chi connectivity index (χ4n) is 2.39. The lowest BCUT2D eigenvalue weighted by Crippen LogP contribution is -2.38. The van der Waals surface area contributed by atoms with Crippen LogP contribution in [0.25, 0.3) is 0 Å². The third-order valence-electron chi connectivity index (χ3n) is 3.74. The minimum atomic E-state index is -0.338. The van der Waals surface area contributed by atoms with E-state index in [0.717, 1.165) is 17.7 Å². The summed E-state index contributed by atoms with van der Waals surface area (Å²) in [6.45, 7) is 4.78. The Morgan fingerprint density at radius 1 is 1.04 bits per heavy atom. The first-order valence-electron chi connectivity index (χ1n) is 9.04. The zero-order chi connectivity index (χ0) is 19.3. The van der Waals surface area contributed by atoms with E-state index in [2.05, 4.69) is 15.6 Å². The first kappa shape index (κ1) is 23.9. The maximum atomic E-state index is 12.3. The Hall–Kier alpha value is -2.13. The lowest BCUT2D eigenvalue weighted by atomic mass is 10.1. The van der Waals surface area contributed by atoms with Gasteiger partial charge in [0.25, 0.3) is 0 Å². The number of nitrogens with one attached hydrogen (secondary N) is 2. The minimum absolute atomic E-state index is 0. The maximum Gasteiger partial charge on any atom is 0.338 e. The van der Waals surface area contributed by atoms with Crippen molar-refractivity contribution in [3.63, 3.8) is 0 Å². The van der Waals surface area contributed by atoms with Gasteiger partial charge in [0.2, 0.25) is 0 Å². The summed E-state index contributed by atoms with van der Waals surface area (Å²) in [4.78, 5) is 16.8. The Bertz CT molecular complexity index is 739. The molecule has 2 rings (SSSR count). The van der Waals surface area contributed by atoms with Crippen molar-refractivity contribution in [2.75, 3.05) is 26.8 Å². The Morgan fingerprint density at radius 3 is 2.50 bits per heavy atom. The Balaban J connectivity index is 0.00000392. The molecular formula is C21H28IN3O3. The van der Waals surface area contributed by atoms with Crippen molar-refractivity contribution in [2.45, 2.75) is 20.1 Å². The van der Waals surface area contributed by atoms with Gasteiger partial charge in [-0.3, -0.25) is 0 Å². The molecular weight excluding hydrogens is 469 g/mol. The highest BCUT2D eigenvalue weighted by atomic mass is 127. The molecule has 0 aliphatic rings. The number of nitrogens with zero attached hydrogens (tertiary/aromatic N) is 1. The van der Waals surface area contributed by atoms with Crippen LogP contribution in [-0.2, 0) is 22.6 Å². The van der Waals surface area contributed by atoms with E-state index in [9.17, 15) is 4.79 Å². The molecule has 0 fully saturated rings. The van der Waals surface area contributed by atoms with E-state index < -0.39 is 0 Å². The van der Waals surface area contributed by atoms with Gasteiger partial charge in [-0.2, -0.15) is 0 Å². The van der Waals surface area contributed by atoms with Gasteiger partial charge in [0.15, 0.2) is 5.96 Å². The molecule has 0 amide bonds. The SMILES string of the molecule is CCNC(=NCc1cccc(C(=O)OCc2ccccc2)c1)NCCOC.I. The van der Waals surface area contributed by atoms with Crippen molar-refractivity contribution in [3.05, 3.63) is 71.3 Å². The number of ether oxygens (including phenoxy) is 2. The summed E-state index contributed by atoms with van der Waals surface area (Å²) in [5.74, 6) is 0.376. The first-order chi connectivity index (χ1) is 13.2. The van der Waals surface area contributed by atoms with Gasteiger partial charge in [-0.1, -0.05) is 42.5 Å². The van der Waals surface area contributed by atoms with E-state index in [1.165, 1.54) is 0 Å². The van der Waals surface area contributed by atoms with Crippen LogP contribution in [0.5, 0.6) is 0 Å². The van der Waals surface area contributed by atoms with Crippen LogP contribution in [0.3, 0.4) is 0 Å². The molecule has 0 spiro atoms. The molecule has 0 aromatic heterocycles. The van der Waals surface area contributed by atoms with Crippen LogP contribution in [-0.4, -0.2) is 38.7 Å². The molecule has 2 aromatic carbocycles. The van der Waals surface area contributed by atoms with Crippen molar-refractivity contribution in [3.8, 4) is 0 Å². The average molecular weight is 497 g/mol. The quantitative estimate of drug-likeness (QED) is 0.183. The Morgan fingerprint density at radius 2 is 1.79 bits per heavy atom. The second-order valence-corrected chi connectivity index (χ2v) is 5.88. The predicted octanol–water partition coefficient (Wildman–Crippen LogP) is 3.36. The summed E-state index contributed by atoms with van der Waals surface area (Å²) in [6, 6.07) is 17.0. The number of hydrogen-bond donors (Lipinski definition) is 2. The molecule has 6 nitrogen and oxygen atoms in total. The maximum absolute atomic E-state index is 12.3. The van der Waals surface area contributed by atoms with Gasteiger partial charge in [0, 0.05) is 20.2 Å². The largest absolute Gasteiger partial charge is 0.457 e. The van der Waals surface area contributed by atoms with E-state index in [0.29, 0.717) is 31.2 Å². The van der Waals surface area contributed by atoms with Gasteiger partial charge >= 0.3 is 5.97 Å².